The van der Waals surface area contributed by atoms with Gasteiger partial charge in [-0.25, -0.2) is 0 Å². The lowest BCUT2D eigenvalue weighted by atomic mass is 10.1. The molecule has 28 heavy (non-hydrogen) atoms. The van der Waals surface area contributed by atoms with E-state index in [0.29, 0.717) is 23.9 Å². The highest BCUT2D eigenvalue weighted by atomic mass is 35.5. The van der Waals surface area contributed by atoms with E-state index in [1.165, 1.54) is 11.1 Å². The summed E-state index contributed by atoms with van der Waals surface area (Å²) in [6, 6.07) is 17.8. The van der Waals surface area contributed by atoms with Crippen LogP contribution < -0.4 is 5.32 Å². The molecule has 5 rings (SSSR count). The number of carbonyl (C=O) groups is 1. The molecule has 0 bridgehead atoms. The molecular weight excluding hydrogens is 374 g/mol. The quantitative estimate of drug-likeness (QED) is 0.724. The SMILES string of the molecule is O=C(N[C@H]1CCc2ccccc21)c1cc2n(n1)C[C@H](c1ccc(Cl)cc1)OC2. The highest BCUT2D eigenvalue weighted by Crippen LogP contribution is 2.31. The molecule has 1 aromatic heterocycles. The van der Waals surface area contributed by atoms with Crippen molar-refractivity contribution in [2.45, 2.75) is 38.1 Å². The molecule has 3 aromatic rings. The first-order valence-electron chi connectivity index (χ1n) is 9.50. The fourth-order valence-electron chi connectivity index (χ4n) is 4.05. The number of hydrogen-bond acceptors (Lipinski definition) is 3. The van der Waals surface area contributed by atoms with Gasteiger partial charge < -0.3 is 10.1 Å². The molecule has 0 radical (unpaired) electrons. The molecule has 1 N–H and O–H groups in total. The zero-order valence-corrected chi connectivity index (χ0v) is 16.0. The molecule has 0 saturated heterocycles. The van der Waals surface area contributed by atoms with Crippen LogP contribution in [-0.2, 0) is 24.3 Å². The maximum atomic E-state index is 12.8. The minimum Gasteiger partial charge on any atom is -0.365 e. The summed E-state index contributed by atoms with van der Waals surface area (Å²) in [5.41, 5.74) is 4.95. The Kier molecular flexibility index (Phi) is 4.41. The fraction of sp³-hybridized carbons (Fsp3) is 0.273. The van der Waals surface area contributed by atoms with Gasteiger partial charge in [0.05, 0.1) is 24.9 Å². The molecule has 2 aromatic carbocycles. The number of fused-ring (bicyclic) bond motifs is 2. The summed E-state index contributed by atoms with van der Waals surface area (Å²) in [7, 11) is 0. The number of carbonyl (C=O) groups excluding carboxylic acids is 1. The van der Waals surface area contributed by atoms with Gasteiger partial charge in [-0.05, 0) is 47.7 Å². The average Bonchev–Trinajstić information content (AvgIpc) is 3.32. The van der Waals surface area contributed by atoms with E-state index in [9.17, 15) is 4.79 Å². The van der Waals surface area contributed by atoms with Gasteiger partial charge in [0.2, 0.25) is 0 Å². The molecule has 0 spiro atoms. The second-order valence-corrected chi connectivity index (χ2v) is 7.75. The van der Waals surface area contributed by atoms with Gasteiger partial charge in [-0.3, -0.25) is 9.48 Å². The maximum absolute atomic E-state index is 12.8. The third kappa shape index (κ3) is 3.21. The Morgan fingerprint density at radius 3 is 2.86 bits per heavy atom. The lowest BCUT2D eigenvalue weighted by molar-refractivity contribution is -0.00119. The average molecular weight is 394 g/mol. The molecule has 2 aliphatic rings. The number of rotatable bonds is 3. The van der Waals surface area contributed by atoms with Crippen LogP contribution in [-0.4, -0.2) is 15.7 Å². The zero-order chi connectivity index (χ0) is 19.1. The maximum Gasteiger partial charge on any atom is 0.272 e. The zero-order valence-electron chi connectivity index (χ0n) is 15.3. The van der Waals surface area contributed by atoms with Crippen LogP contribution in [0.2, 0.25) is 5.02 Å². The molecule has 142 valence electrons. The lowest BCUT2D eigenvalue weighted by Gasteiger charge is -2.24. The highest BCUT2D eigenvalue weighted by Gasteiger charge is 2.27. The summed E-state index contributed by atoms with van der Waals surface area (Å²) < 4.78 is 7.84. The Morgan fingerprint density at radius 1 is 1.18 bits per heavy atom. The van der Waals surface area contributed by atoms with Gasteiger partial charge in [0.15, 0.2) is 5.69 Å². The predicted molar refractivity (Wildman–Crippen MR) is 106 cm³/mol. The van der Waals surface area contributed by atoms with Crippen LogP contribution in [0.5, 0.6) is 0 Å². The molecule has 6 heteroatoms. The number of amides is 1. The van der Waals surface area contributed by atoms with Crippen molar-refractivity contribution in [1.82, 2.24) is 15.1 Å². The van der Waals surface area contributed by atoms with Crippen LogP contribution in [0.25, 0.3) is 0 Å². The van der Waals surface area contributed by atoms with E-state index in [4.69, 9.17) is 16.3 Å². The van der Waals surface area contributed by atoms with Crippen molar-refractivity contribution < 1.29 is 9.53 Å². The van der Waals surface area contributed by atoms with E-state index in [1.807, 2.05) is 47.1 Å². The van der Waals surface area contributed by atoms with E-state index in [-0.39, 0.29) is 18.1 Å². The van der Waals surface area contributed by atoms with Gasteiger partial charge in [0.1, 0.15) is 6.10 Å². The summed E-state index contributed by atoms with van der Waals surface area (Å²) in [5.74, 6) is -0.133. The molecule has 1 aliphatic carbocycles. The van der Waals surface area contributed by atoms with Crippen molar-refractivity contribution in [1.29, 1.82) is 0 Å². The van der Waals surface area contributed by atoms with Crippen LogP contribution in [0.4, 0.5) is 0 Å². The summed E-state index contributed by atoms with van der Waals surface area (Å²) >= 11 is 5.97. The first-order valence-corrected chi connectivity index (χ1v) is 9.87. The van der Waals surface area contributed by atoms with Crippen LogP contribution in [0.3, 0.4) is 0 Å². The van der Waals surface area contributed by atoms with Gasteiger partial charge in [0.25, 0.3) is 5.91 Å². The second kappa shape index (κ2) is 7.08. The van der Waals surface area contributed by atoms with Crippen molar-refractivity contribution >= 4 is 17.5 Å². The van der Waals surface area contributed by atoms with Gasteiger partial charge in [-0.15, -0.1) is 0 Å². The Morgan fingerprint density at radius 2 is 2.00 bits per heavy atom. The van der Waals surface area contributed by atoms with Crippen LogP contribution in [0, 0.1) is 0 Å². The number of halogens is 1. The molecule has 0 fully saturated rings. The molecule has 0 unspecified atom stereocenters. The van der Waals surface area contributed by atoms with E-state index in [0.717, 1.165) is 24.1 Å². The van der Waals surface area contributed by atoms with E-state index < -0.39 is 0 Å². The van der Waals surface area contributed by atoms with Gasteiger partial charge >= 0.3 is 0 Å². The first-order chi connectivity index (χ1) is 13.7. The summed E-state index contributed by atoms with van der Waals surface area (Å²) in [4.78, 5) is 12.8. The first kappa shape index (κ1) is 17.5. The highest BCUT2D eigenvalue weighted by molar-refractivity contribution is 6.30. The van der Waals surface area contributed by atoms with Crippen molar-refractivity contribution in [2.75, 3.05) is 0 Å². The second-order valence-electron chi connectivity index (χ2n) is 7.32. The number of benzene rings is 2. The molecular formula is C22H20ClN3O2. The third-order valence-corrected chi connectivity index (χ3v) is 5.80. The molecule has 2 atom stereocenters. The van der Waals surface area contributed by atoms with Crippen molar-refractivity contribution in [3.63, 3.8) is 0 Å². The minimum absolute atomic E-state index is 0.0560. The van der Waals surface area contributed by atoms with E-state index in [2.05, 4.69) is 22.5 Å². The number of ether oxygens (including phenoxy) is 1. The smallest absolute Gasteiger partial charge is 0.272 e. The molecule has 5 nitrogen and oxygen atoms in total. The monoisotopic (exact) mass is 393 g/mol. The summed E-state index contributed by atoms with van der Waals surface area (Å²) in [6.45, 7) is 1.01. The number of aryl methyl sites for hydroxylation is 1. The Labute approximate surface area is 168 Å². The molecule has 1 amide bonds. The Bertz CT molecular complexity index is 1030. The topological polar surface area (TPSA) is 56.2 Å². The predicted octanol–water partition coefficient (Wildman–Crippen LogP) is 4.23. The van der Waals surface area contributed by atoms with Crippen molar-refractivity contribution in [3.8, 4) is 0 Å². The summed E-state index contributed by atoms with van der Waals surface area (Å²) in [6.07, 6.45) is 1.83. The summed E-state index contributed by atoms with van der Waals surface area (Å²) in [5, 5.41) is 8.38. The third-order valence-electron chi connectivity index (χ3n) is 5.55. The minimum atomic E-state index is -0.133. The molecule has 2 heterocycles. The number of nitrogens with one attached hydrogen (secondary N) is 1. The fourth-order valence-corrected chi connectivity index (χ4v) is 4.18. The largest absolute Gasteiger partial charge is 0.365 e. The van der Waals surface area contributed by atoms with Crippen molar-refractivity contribution in [3.05, 3.63) is 87.7 Å². The number of nitrogens with zero attached hydrogens (tertiary/aromatic N) is 2. The van der Waals surface area contributed by atoms with Crippen LogP contribution >= 0.6 is 11.6 Å². The number of hydrogen-bond donors (Lipinski definition) is 1. The van der Waals surface area contributed by atoms with Crippen LogP contribution in [0.1, 0.15) is 51.4 Å². The van der Waals surface area contributed by atoms with Gasteiger partial charge in [-0.2, -0.15) is 5.10 Å². The van der Waals surface area contributed by atoms with Crippen LogP contribution in [0.15, 0.2) is 54.6 Å². The normalized spacial score (nSPS) is 20.5. The van der Waals surface area contributed by atoms with E-state index in [1.54, 1.807) is 0 Å². The van der Waals surface area contributed by atoms with Crippen molar-refractivity contribution in [2.24, 2.45) is 0 Å². The lowest BCUT2D eigenvalue weighted by Crippen LogP contribution is -2.27. The Balaban J connectivity index is 1.31. The molecule has 0 saturated carbocycles. The standard InChI is InChI=1S/C22H20ClN3O2/c23-16-8-5-15(6-9-16)21-12-26-17(13-28-21)11-20(25-26)22(27)24-19-10-7-14-3-1-2-4-18(14)19/h1-6,8-9,11,19,21H,7,10,12-13H2,(H,24,27)/t19-,21+/m0/s1. The Hall–Kier alpha value is -2.63. The molecule has 1 aliphatic heterocycles. The van der Waals surface area contributed by atoms with E-state index >= 15 is 0 Å². The number of aromatic nitrogens is 2. The van der Waals surface area contributed by atoms with Gasteiger partial charge in [-0.1, -0.05) is 48.0 Å². The van der Waals surface area contributed by atoms with Gasteiger partial charge in [0, 0.05) is 5.02 Å².